The van der Waals surface area contributed by atoms with Crippen molar-refractivity contribution in [3.63, 3.8) is 0 Å². The fraction of sp³-hybridized carbons (Fsp3) is 0.462. The third-order valence-corrected chi connectivity index (χ3v) is 7.66. The number of alkyl halides is 3. The molecule has 3 aliphatic rings. The van der Waals surface area contributed by atoms with Crippen LogP contribution in [-0.4, -0.2) is 47.7 Å². The van der Waals surface area contributed by atoms with E-state index in [9.17, 15) is 22.8 Å². The highest BCUT2D eigenvalue weighted by molar-refractivity contribution is 5.89. The van der Waals surface area contributed by atoms with E-state index in [1.165, 1.54) is 12.1 Å². The van der Waals surface area contributed by atoms with Gasteiger partial charge in [-0.3, -0.25) is 4.79 Å². The maximum Gasteiger partial charge on any atom is 0.417 e. The molecule has 34 heavy (non-hydrogen) atoms. The van der Waals surface area contributed by atoms with Gasteiger partial charge in [-0.1, -0.05) is 30.3 Å². The summed E-state index contributed by atoms with van der Waals surface area (Å²) in [5, 5.41) is 9.07. The summed E-state index contributed by atoms with van der Waals surface area (Å²) in [4.78, 5) is 25.6. The van der Waals surface area contributed by atoms with Gasteiger partial charge in [-0.25, -0.2) is 4.79 Å². The highest BCUT2D eigenvalue weighted by atomic mass is 19.4. The molecule has 2 aromatic rings. The lowest BCUT2D eigenvalue weighted by molar-refractivity contribution is -0.142. The van der Waals surface area contributed by atoms with Crippen LogP contribution in [0, 0.1) is 5.41 Å². The van der Waals surface area contributed by atoms with Crippen molar-refractivity contribution in [2.75, 3.05) is 19.7 Å². The second-order valence-corrected chi connectivity index (χ2v) is 9.63. The number of halogens is 3. The predicted molar refractivity (Wildman–Crippen MR) is 118 cm³/mol. The predicted octanol–water partition coefficient (Wildman–Crippen LogP) is 5.35. The third-order valence-electron chi connectivity index (χ3n) is 7.66. The number of piperidine rings is 1. The number of carbonyl (C=O) groups is 2. The molecule has 1 spiro atoms. The Labute approximate surface area is 195 Å². The van der Waals surface area contributed by atoms with Crippen LogP contribution in [0.1, 0.15) is 59.5 Å². The van der Waals surface area contributed by atoms with Gasteiger partial charge in [0.15, 0.2) is 0 Å². The van der Waals surface area contributed by atoms with Gasteiger partial charge in [-0.2, -0.15) is 13.2 Å². The molecule has 2 atom stereocenters. The quantitative estimate of drug-likeness (QED) is 0.651. The average Bonchev–Trinajstić information content (AvgIpc) is 3.24. The van der Waals surface area contributed by atoms with E-state index in [1.807, 2.05) is 17.0 Å². The van der Waals surface area contributed by atoms with Crippen molar-refractivity contribution in [1.29, 1.82) is 0 Å². The summed E-state index contributed by atoms with van der Waals surface area (Å²) in [7, 11) is 0. The van der Waals surface area contributed by atoms with Crippen LogP contribution in [0.25, 0.3) is 11.1 Å². The van der Waals surface area contributed by atoms with Crippen LogP contribution in [-0.2, 0) is 15.7 Å². The number of carbonyl (C=O) groups excluding carboxylic acids is 1. The lowest BCUT2D eigenvalue weighted by Gasteiger charge is -2.34. The number of hydrogen-bond donors (Lipinski definition) is 1. The van der Waals surface area contributed by atoms with Gasteiger partial charge < -0.3 is 14.7 Å². The van der Waals surface area contributed by atoms with Crippen LogP contribution in [0.15, 0.2) is 42.5 Å². The number of carboxylic acids is 1. The minimum atomic E-state index is -4.66. The maximum absolute atomic E-state index is 13.6. The zero-order valence-electron chi connectivity index (χ0n) is 18.6. The lowest BCUT2D eigenvalue weighted by atomic mass is 9.88. The number of nitrogens with zero attached hydrogens (tertiary/aromatic N) is 1. The number of ether oxygens (including phenoxy) is 1. The summed E-state index contributed by atoms with van der Waals surface area (Å²) in [5.41, 5.74) is 0.284. The van der Waals surface area contributed by atoms with Crippen LogP contribution in [0.3, 0.4) is 0 Å². The SMILES string of the molecule is O=C(O)c1ccc(-c2ccc([C@@H]3CC34CCN(C(=O)[C@H]3CCCO3)CC4)cc2)c(C(F)(F)F)c1. The number of carboxylic acid groups (broad SMARTS) is 1. The van der Waals surface area contributed by atoms with Crippen LogP contribution in [0.5, 0.6) is 0 Å². The van der Waals surface area contributed by atoms with Gasteiger partial charge in [0.25, 0.3) is 5.91 Å². The Morgan fingerprint density at radius 1 is 1.06 bits per heavy atom. The Hall–Kier alpha value is -2.87. The molecule has 0 aromatic heterocycles. The lowest BCUT2D eigenvalue weighted by Crippen LogP contribution is -2.44. The molecule has 5 nitrogen and oxygen atoms in total. The molecule has 8 heteroatoms. The minimum Gasteiger partial charge on any atom is -0.478 e. The van der Waals surface area contributed by atoms with Crippen LogP contribution < -0.4 is 0 Å². The van der Waals surface area contributed by atoms with Crippen molar-refractivity contribution in [3.8, 4) is 11.1 Å². The Morgan fingerprint density at radius 3 is 2.35 bits per heavy atom. The number of likely N-dealkylation sites (tertiary alicyclic amines) is 1. The van der Waals surface area contributed by atoms with E-state index in [4.69, 9.17) is 9.84 Å². The summed E-state index contributed by atoms with van der Waals surface area (Å²) in [6, 6.07) is 10.2. The van der Waals surface area contributed by atoms with Gasteiger partial charge in [0, 0.05) is 19.7 Å². The van der Waals surface area contributed by atoms with Gasteiger partial charge in [0.2, 0.25) is 0 Å². The van der Waals surface area contributed by atoms with E-state index < -0.39 is 23.3 Å². The zero-order valence-corrected chi connectivity index (χ0v) is 18.6. The third kappa shape index (κ3) is 4.19. The van der Waals surface area contributed by atoms with Crippen molar-refractivity contribution in [2.45, 2.75) is 50.3 Å². The first-order valence-corrected chi connectivity index (χ1v) is 11.6. The van der Waals surface area contributed by atoms with Crippen molar-refractivity contribution < 1.29 is 32.6 Å². The number of benzene rings is 2. The normalized spacial score (nSPS) is 23.8. The van der Waals surface area contributed by atoms with E-state index >= 15 is 0 Å². The number of amides is 1. The molecule has 2 aromatic carbocycles. The average molecular weight is 473 g/mol. The molecule has 180 valence electrons. The second-order valence-electron chi connectivity index (χ2n) is 9.63. The first-order chi connectivity index (χ1) is 16.2. The van der Waals surface area contributed by atoms with Gasteiger partial charge in [-0.05, 0) is 72.3 Å². The Kier molecular flexibility index (Phi) is 5.67. The monoisotopic (exact) mass is 473 g/mol. The van der Waals surface area contributed by atoms with Crippen molar-refractivity contribution in [2.24, 2.45) is 5.41 Å². The van der Waals surface area contributed by atoms with Gasteiger partial charge in [-0.15, -0.1) is 0 Å². The minimum absolute atomic E-state index is 0.0319. The summed E-state index contributed by atoms with van der Waals surface area (Å²) in [5.74, 6) is -0.948. The molecule has 1 aliphatic carbocycles. The van der Waals surface area contributed by atoms with Crippen LogP contribution >= 0.6 is 0 Å². The number of aromatic carboxylic acids is 1. The Morgan fingerprint density at radius 2 is 1.76 bits per heavy atom. The summed E-state index contributed by atoms with van der Waals surface area (Å²) < 4.78 is 46.3. The smallest absolute Gasteiger partial charge is 0.417 e. The molecule has 1 saturated carbocycles. The molecule has 2 aliphatic heterocycles. The second kappa shape index (κ2) is 8.41. The molecule has 0 radical (unpaired) electrons. The first kappa shape index (κ1) is 22.9. The van der Waals surface area contributed by atoms with Crippen molar-refractivity contribution >= 4 is 11.9 Å². The number of hydrogen-bond acceptors (Lipinski definition) is 3. The molecular weight excluding hydrogens is 447 g/mol. The highest BCUT2D eigenvalue weighted by Crippen LogP contribution is 2.65. The zero-order chi connectivity index (χ0) is 24.1. The van der Waals surface area contributed by atoms with Gasteiger partial charge >= 0.3 is 12.1 Å². The van der Waals surface area contributed by atoms with E-state index in [1.54, 1.807) is 12.1 Å². The Balaban J connectivity index is 1.28. The fourth-order valence-corrected chi connectivity index (χ4v) is 5.58. The molecule has 0 bridgehead atoms. The topological polar surface area (TPSA) is 66.8 Å². The van der Waals surface area contributed by atoms with E-state index in [2.05, 4.69) is 0 Å². The van der Waals surface area contributed by atoms with Gasteiger partial charge in [0.05, 0.1) is 11.1 Å². The van der Waals surface area contributed by atoms with E-state index in [0.29, 0.717) is 24.2 Å². The molecular formula is C26H26F3NO4. The van der Waals surface area contributed by atoms with Crippen LogP contribution in [0.2, 0.25) is 0 Å². The first-order valence-electron chi connectivity index (χ1n) is 11.6. The highest BCUT2D eigenvalue weighted by Gasteiger charge is 2.55. The number of rotatable bonds is 4. The molecule has 1 amide bonds. The molecule has 2 heterocycles. The molecule has 0 unspecified atom stereocenters. The van der Waals surface area contributed by atoms with Crippen molar-refractivity contribution in [3.05, 3.63) is 59.2 Å². The maximum atomic E-state index is 13.6. The standard InChI is InChI=1S/C26H26F3NO4/c27-26(28,29)20-14-18(24(32)33)7-8-19(20)16-3-5-17(6-4-16)21-15-25(21)9-11-30(12-10-25)23(31)22-2-1-13-34-22/h3-8,14,21-22H,1-2,9-13,15H2,(H,32,33)/t21-,22+/m0/s1. The van der Waals surface area contributed by atoms with Gasteiger partial charge in [0.1, 0.15) is 6.10 Å². The van der Waals surface area contributed by atoms with Crippen molar-refractivity contribution in [1.82, 2.24) is 4.90 Å². The molecule has 5 rings (SSSR count). The fourth-order valence-electron chi connectivity index (χ4n) is 5.58. The summed E-state index contributed by atoms with van der Waals surface area (Å²) in [6.45, 7) is 2.09. The Bertz CT molecular complexity index is 1100. The van der Waals surface area contributed by atoms with E-state index in [-0.39, 0.29) is 23.0 Å². The van der Waals surface area contributed by atoms with Crippen LogP contribution in [0.4, 0.5) is 13.2 Å². The summed E-state index contributed by atoms with van der Waals surface area (Å²) in [6.07, 6.45) is -0.350. The largest absolute Gasteiger partial charge is 0.478 e. The molecule has 1 N–H and O–H groups in total. The molecule has 2 saturated heterocycles. The van der Waals surface area contributed by atoms with E-state index in [0.717, 1.165) is 50.8 Å². The molecule has 3 fully saturated rings. The summed E-state index contributed by atoms with van der Waals surface area (Å²) >= 11 is 0.